The van der Waals surface area contributed by atoms with Gasteiger partial charge in [0, 0.05) is 56.4 Å². The van der Waals surface area contributed by atoms with Crippen molar-refractivity contribution in [3.05, 3.63) is 83.9 Å². The van der Waals surface area contributed by atoms with Crippen LogP contribution in [0.4, 0.5) is 10.2 Å². The van der Waals surface area contributed by atoms with Gasteiger partial charge in [0.15, 0.2) is 5.65 Å². The van der Waals surface area contributed by atoms with Crippen LogP contribution < -0.4 is 10.5 Å². The van der Waals surface area contributed by atoms with Crippen molar-refractivity contribution in [3.8, 4) is 22.8 Å². The van der Waals surface area contributed by atoms with Gasteiger partial charge >= 0.3 is 0 Å². The van der Waals surface area contributed by atoms with Crippen molar-refractivity contribution in [2.75, 3.05) is 58.2 Å². The number of aromatic nitrogens is 4. The summed E-state index contributed by atoms with van der Waals surface area (Å²) in [5, 5.41) is 5.29. The van der Waals surface area contributed by atoms with Crippen LogP contribution in [0.15, 0.2) is 66.6 Å². The zero-order valence-corrected chi connectivity index (χ0v) is 27.8. The summed E-state index contributed by atoms with van der Waals surface area (Å²) in [6.07, 6.45) is 4.60. The fraction of sp³-hybridized carbons (Fsp3) is 0.417. The molecule has 1 amide bonds. The third-order valence-electron chi connectivity index (χ3n) is 9.82. The molecule has 0 bridgehead atoms. The average Bonchev–Trinajstić information content (AvgIpc) is 3.48. The second kappa shape index (κ2) is 13.5. The fourth-order valence-electron chi connectivity index (χ4n) is 6.98. The highest BCUT2D eigenvalue weighted by Crippen LogP contribution is 2.37. The Bertz CT molecular complexity index is 1910. The van der Waals surface area contributed by atoms with Crippen LogP contribution in [0.5, 0.6) is 11.5 Å². The number of piperazine rings is 1. The molecular formula is C36H40FN9O3. The number of carbonyl (C=O) groups is 1. The normalized spacial score (nSPS) is 19.8. The molecule has 2 aromatic heterocycles. The minimum atomic E-state index is -0.531. The first-order chi connectivity index (χ1) is 23.7. The minimum absolute atomic E-state index is 0.109. The zero-order valence-electron chi connectivity index (χ0n) is 27.8. The number of para-hydroxylation sites is 1. The van der Waals surface area contributed by atoms with Crippen molar-refractivity contribution < 1.29 is 18.7 Å². The van der Waals surface area contributed by atoms with E-state index in [-0.39, 0.29) is 29.0 Å². The first-order valence-corrected chi connectivity index (χ1v) is 16.7. The highest BCUT2D eigenvalue weighted by Gasteiger charge is 2.35. The van der Waals surface area contributed by atoms with Crippen LogP contribution in [-0.2, 0) is 9.53 Å². The van der Waals surface area contributed by atoms with Crippen molar-refractivity contribution in [2.45, 2.75) is 44.3 Å². The van der Waals surface area contributed by atoms with Crippen molar-refractivity contribution in [1.29, 1.82) is 0 Å². The third-order valence-corrected chi connectivity index (χ3v) is 9.82. The van der Waals surface area contributed by atoms with E-state index in [9.17, 15) is 4.79 Å². The van der Waals surface area contributed by atoms with E-state index < -0.39 is 11.4 Å². The van der Waals surface area contributed by atoms with Crippen LogP contribution in [0.1, 0.15) is 32.7 Å². The van der Waals surface area contributed by atoms with E-state index in [4.69, 9.17) is 26.9 Å². The molecular weight excluding hydrogens is 625 g/mol. The lowest BCUT2D eigenvalue weighted by atomic mass is 9.98. The first kappa shape index (κ1) is 32.6. The molecule has 0 saturated carbocycles. The number of hydrogen-bond donors (Lipinski definition) is 1. The van der Waals surface area contributed by atoms with Crippen LogP contribution in [0.3, 0.4) is 0 Å². The van der Waals surface area contributed by atoms with Gasteiger partial charge in [-0.15, -0.1) is 0 Å². The van der Waals surface area contributed by atoms with Gasteiger partial charge in [-0.25, -0.2) is 23.9 Å². The summed E-state index contributed by atoms with van der Waals surface area (Å²) in [5.41, 5.74) is 6.98. The number of piperidine rings is 1. The molecule has 49 heavy (non-hydrogen) atoms. The number of benzene rings is 2. The summed E-state index contributed by atoms with van der Waals surface area (Å²) in [6.45, 7) is 18.1. The van der Waals surface area contributed by atoms with Gasteiger partial charge in [0.2, 0.25) is 5.70 Å². The van der Waals surface area contributed by atoms with Crippen molar-refractivity contribution in [1.82, 2.24) is 34.4 Å². The molecule has 1 atom stereocenters. The van der Waals surface area contributed by atoms with Crippen molar-refractivity contribution in [2.24, 2.45) is 0 Å². The molecule has 3 aliphatic heterocycles. The quantitative estimate of drug-likeness (QED) is 0.210. The molecule has 3 aliphatic rings. The van der Waals surface area contributed by atoms with Gasteiger partial charge in [-0.2, -0.15) is 5.10 Å². The molecule has 7 rings (SSSR count). The molecule has 0 aliphatic carbocycles. The lowest BCUT2D eigenvalue weighted by Crippen LogP contribution is -2.59. The van der Waals surface area contributed by atoms with Gasteiger partial charge < -0.3 is 20.1 Å². The average molecular weight is 666 g/mol. The first-order valence-electron chi connectivity index (χ1n) is 16.7. The maximum atomic E-state index is 15.7. The maximum absolute atomic E-state index is 15.7. The Balaban J connectivity index is 1.11. The summed E-state index contributed by atoms with van der Waals surface area (Å²) < 4.78 is 28.6. The van der Waals surface area contributed by atoms with E-state index in [0.717, 1.165) is 45.8 Å². The topological polar surface area (TPSA) is 119 Å². The standard InChI is InChI=1S/C36H40FN9O3/c1-36(2,45-16-14-43(15-17-45)25-21-48-22-25)19-30(39-3)35(47)44-13-7-8-24(20-44)46-34-31(33(38)40-23-41-34)32(42-46)28-12-11-27(18-29(28)37)49-26-9-5-4-6-10-26/h4-6,9-12,18-19,23-25H,7-8,13-17,20-22H2,1-2H3,(H2,38,40,41). The Labute approximate surface area is 284 Å². The van der Waals surface area contributed by atoms with Gasteiger partial charge in [0.25, 0.3) is 5.91 Å². The summed E-state index contributed by atoms with van der Waals surface area (Å²) in [6, 6.07) is 14.0. The second-order valence-electron chi connectivity index (χ2n) is 13.4. The van der Waals surface area contributed by atoms with Gasteiger partial charge in [0.05, 0.1) is 37.3 Å². The third kappa shape index (κ3) is 6.59. The van der Waals surface area contributed by atoms with E-state index in [1.54, 1.807) is 33.8 Å². The number of anilines is 1. The fourth-order valence-corrected chi connectivity index (χ4v) is 6.98. The van der Waals surface area contributed by atoms with E-state index in [2.05, 4.69) is 38.5 Å². The number of carbonyl (C=O) groups excluding carboxylic acids is 1. The number of likely N-dealkylation sites (tertiary alicyclic amines) is 1. The Morgan fingerprint density at radius 1 is 1.06 bits per heavy atom. The van der Waals surface area contributed by atoms with E-state index in [1.165, 1.54) is 12.4 Å². The van der Waals surface area contributed by atoms with Gasteiger partial charge in [-0.1, -0.05) is 24.3 Å². The second-order valence-corrected chi connectivity index (χ2v) is 13.4. The van der Waals surface area contributed by atoms with Crippen LogP contribution in [0, 0.1) is 12.4 Å². The lowest BCUT2D eigenvalue weighted by Gasteiger charge is -2.47. The largest absolute Gasteiger partial charge is 0.457 e. The van der Waals surface area contributed by atoms with E-state index in [0.29, 0.717) is 53.8 Å². The number of amides is 1. The molecule has 2 aromatic carbocycles. The van der Waals surface area contributed by atoms with Gasteiger partial charge in [-0.3, -0.25) is 14.6 Å². The number of halogens is 1. The Morgan fingerprint density at radius 3 is 2.53 bits per heavy atom. The highest BCUT2D eigenvalue weighted by atomic mass is 19.1. The molecule has 2 N–H and O–H groups in total. The summed E-state index contributed by atoms with van der Waals surface area (Å²) >= 11 is 0. The van der Waals surface area contributed by atoms with Crippen molar-refractivity contribution >= 4 is 22.8 Å². The molecule has 5 heterocycles. The van der Waals surface area contributed by atoms with Gasteiger partial charge in [0.1, 0.15) is 35.2 Å². The molecule has 0 spiro atoms. The number of hydrogen-bond acceptors (Lipinski definition) is 9. The predicted molar refractivity (Wildman–Crippen MR) is 183 cm³/mol. The molecule has 4 aromatic rings. The van der Waals surface area contributed by atoms with Crippen molar-refractivity contribution in [3.63, 3.8) is 0 Å². The number of nitrogen functional groups attached to an aromatic ring is 1. The molecule has 13 heteroatoms. The summed E-state index contributed by atoms with van der Waals surface area (Å²) in [5.74, 6) is 0.290. The molecule has 3 fully saturated rings. The SMILES string of the molecule is [C-]#[N+]C(=CC(C)(C)N1CCN(C2COC2)CC1)C(=O)N1CCCC(n2nc(-c3ccc(Oc4ccccc4)cc3F)c3c(N)ncnc32)C1. The molecule has 254 valence electrons. The number of ether oxygens (including phenoxy) is 2. The molecule has 1 unspecified atom stereocenters. The molecule has 12 nitrogen and oxygen atoms in total. The summed E-state index contributed by atoms with van der Waals surface area (Å²) in [4.78, 5) is 32.8. The summed E-state index contributed by atoms with van der Waals surface area (Å²) in [7, 11) is 0. The van der Waals surface area contributed by atoms with Gasteiger partial charge in [-0.05, 0) is 51.0 Å². The highest BCUT2D eigenvalue weighted by molar-refractivity contribution is 5.98. The number of rotatable bonds is 8. The van der Waals surface area contributed by atoms with E-state index >= 15 is 4.39 Å². The monoisotopic (exact) mass is 665 g/mol. The predicted octanol–water partition coefficient (Wildman–Crippen LogP) is 4.77. The molecule has 0 radical (unpaired) electrons. The number of nitrogens with zero attached hydrogens (tertiary/aromatic N) is 8. The molecule has 3 saturated heterocycles. The van der Waals surface area contributed by atoms with Crippen LogP contribution in [0.2, 0.25) is 0 Å². The number of nitrogens with two attached hydrogens (primary N) is 1. The lowest BCUT2D eigenvalue weighted by molar-refractivity contribution is -0.128. The van der Waals surface area contributed by atoms with E-state index in [1.807, 2.05) is 24.3 Å². The smallest absolute Gasteiger partial charge is 0.252 e. The number of fused-ring (bicyclic) bond motifs is 1. The van der Waals surface area contributed by atoms with Crippen LogP contribution >= 0.6 is 0 Å². The van der Waals surface area contributed by atoms with Crippen LogP contribution in [-0.4, -0.2) is 104 Å². The Hall–Kier alpha value is -4.90. The zero-order chi connectivity index (χ0) is 34.1. The van der Waals surface area contributed by atoms with Crippen LogP contribution in [0.25, 0.3) is 27.1 Å². The Kier molecular flexibility index (Phi) is 9.02. The minimum Gasteiger partial charge on any atom is -0.457 e. The Morgan fingerprint density at radius 2 is 1.84 bits per heavy atom. The maximum Gasteiger partial charge on any atom is 0.252 e.